The lowest BCUT2D eigenvalue weighted by molar-refractivity contribution is -0.118. The van der Waals surface area contributed by atoms with Crippen molar-refractivity contribution in [1.82, 2.24) is 24.2 Å². The van der Waals surface area contributed by atoms with E-state index in [0.29, 0.717) is 0 Å². The van der Waals surface area contributed by atoms with Gasteiger partial charge < -0.3 is 23.3 Å². The van der Waals surface area contributed by atoms with E-state index in [1.165, 1.54) is 6.33 Å². The number of rotatable bonds is 14. The molecule has 252 valence electrons. The molecule has 1 aliphatic heterocycles. The zero-order chi connectivity index (χ0) is 33.9. The fourth-order valence-corrected chi connectivity index (χ4v) is 7.74. The number of anilines is 1. The predicted molar refractivity (Wildman–Crippen MR) is 175 cm³/mol. The van der Waals surface area contributed by atoms with E-state index in [2.05, 4.69) is 64.9 Å². The standard InChI is InChI=1S/C29H50N7O7PSi/c1-17(2)25(38)33-28-32-24-21(26(39)34-28)31-16-35(24)27-23(22(20(15-37)41-27)43-45(10,11)29(7,8)9)42-44(40-14-12-13-30)36(18(3)4)19(5)6/h16-20,22-23,27,37H,12,14-15H2,1-11H3,(H2,32,33,34,38,39)/t20-,22?,23+,27-,44?/m1/s1. The Morgan fingerprint density at radius 2 is 1.89 bits per heavy atom. The summed E-state index contributed by atoms with van der Waals surface area (Å²) < 4.78 is 30.2. The lowest BCUT2D eigenvalue weighted by Gasteiger charge is -2.42. The molecule has 1 saturated heterocycles. The third kappa shape index (κ3) is 8.55. The monoisotopic (exact) mass is 667 g/mol. The van der Waals surface area contributed by atoms with Crippen molar-refractivity contribution in [2.75, 3.05) is 18.5 Å². The highest BCUT2D eigenvalue weighted by Crippen LogP contribution is 2.52. The predicted octanol–water partition coefficient (Wildman–Crippen LogP) is 4.66. The van der Waals surface area contributed by atoms with Crippen LogP contribution in [-0.2, 0) is 23.0 Å². The summed E-state index contributed by atoms with van der Waals surface area (Å²) >= 11 is 0. The SMILES string of the molecule is CC(C)C(=O)Nc1nc2c(ncn2[C@@H]2O[C@H](CO)C(O[Si](C)(C)C(C)(C)C)[C@@H]2OP(OCCC#N)N(C(C)C)C(C)C)c(=O)[nH]1. The van der Waals surface area contributed by atoms with Gasteiger partial charge in [-0.05, 0) is 45.8 Å². The van der Waals surface area contributed by atoms with E-state index in [-0.39, 0.29) is 65.7 Å². The molecular weight excluding hydrogens is 617 g/mol. The Kier molecular flexibility index (Phi) is 12.5. The van der Waals surface area contributed by atoms with Crippen LogP contribution >= 0.6 is 8.53 Å². The highest BCUT2D eigenvalue weighted by molar-refractivity contribution is 7.44. The molecule has 14 nitrogen and oxygen atoms in total. The maximum Gasteiger partial charge on any atom is 0.280 e. The van der Waals surface area contributed by atoms with Crippen molar-refractivity contribution < 1.29 is 28.1 Å². The third-order valence-electron chi connectivity index (χ3n) is 8.05. The number of nitrogens with zero attached hydrogens (tertiary/aromatic N) is 5. The maximum absolute atomic E-state index is 13.0. The van der Waals surface area contributed by atoms with Crippen molar-refractivity contribution in [3.05, 3.63) is 16.7 Å². The van der Waals surface area contributed by atoms with E-state index in [0.717, 1.165) is 0 Å². The van der Waals surface area contributed by atoms with Crippen molar-refractivity contribution >= 4 is 39.9 Å². The van der Waals surface area contributed by atoms with Crippen molar-refractivity contribution in [3.8, 4) is 6.07 Å². The zero-order valence-corrected chi connectivity index (χ0v) is 30.2. The van der Waals surface area contributed by atoms with Gasteiger partial charge in [-0.15, -0.1) is 0 Å². The van der Waals surface area contributed by atoms with Crippen LogP contribution < -0.4 is 10.9 Å². The van der Waals surface area contributed by atoms with Crippen LogP contribution in [0, 0.1) is 17.2 Å². The molecule has 3 heterocycles. The zero-order valence-electron chi connectivity index (χ0n) is 28.3. The fraction of sp³-hybridized carbons (Fsp3) is 0.759. The number of nitrogens with one attached hydrogen (secondary N) is 2. The number of aromatic nitrogens is 4. The van der Waals surface area contributed by atoms with Crippen molar-refractivity contribution in [2.45, 2.75) is 123 Å². The van der Waals surface area contributed by atoms with Crippen LogP contribution in [0.25, 0.3) is 11.2 Å². The van der Waals surface area contributed by atoms with Gasteiger partial charge in [0.15, 0.2) is 25.7 Å². The summed E-state index contributed by atoms with van der Waals surface area (Å²) in [6.07, 6.45) is -1.65. The van der Waals surface area contributed by atoms with Gasteiger partial charge in [0, 0.05) is 18.0 Å². The Morgan fingerprint density at radius 1 is 1.24 bits per heavy atom. The average molecular weight is 668 g/mol. The third-order valence-corrected chi connectivity index (χ3v) is 14.7. The minimum Gasteiger partial charge on any atom is -0.408 e. The summed E-state index contributed by atoms with van der Waals surface area (Å²) in [5, 5.41) is 22.3. The summed E-state index contributed by atoms with van der Waals surface area (Å²) in [5.74, 6) is -0.674. The number of carbonyl (C=O) groups excluding carboxylic acids is 1. The average Bonchev–Trinajstić information content (AvgIpc) is 3.48. The maximum atomic E-state index is 13.0. The summed E-state index contributed by atoms with van der Waals surface area (Å²) in [6.45, 7) is 22.1. The van der Waals surface area contributed by atoms with Crippen molar-refractivity contribution in [3.63, 3.8) is 0 Å². The molecule has 0 bridgehead atoms. The number of imidazole rings is 1. The van der Waals surface area contributed by atoms with Crippen molar-refractivity contribution in [1.29, 1.82) is 5.26 Å². The summed E-state index contributed by atoms with van der Waals surface area (Å²) in [6, 6.07) is 2.19. The Labute approximate surface area is 267 Å². The van der Waals surface area contributed by atoms with Crippen molar-refractivity contribution in [2.24, 2.45) is 5.92 Å². The van der Waals surface area contributed by atoms with Gasteiger partial charge in [0.25, 0.3) is 14.1 Å². The number of aromatic amines is 1. The summed E-state index contributed by atoms with van der Waals surface area (Å²) in [4.78, 5) is 36.8. The second kappa shape index (κ2) is 15.1. The number of fused-ring (bicyclic) bond motifs is 1. The molecule has 3 rings (SSSR count). The lowest BCUT2D eigenvalue weighted by atomic mass is 10.1. The van der Waals surface area contributed by atoms with E-state index >= 15 is 0 Å². The Hall–Kier alpha value is -2.28. The molecule has 16 heteroatoms. The van der Waals surface area contributed by atoms with Crippen LogP contribution in [0.3, 0.4) is 0 Å². The Bertz CT molecular complexity index is 1390. The van der Waals surface area contributed by atoms with E-state index in [1.54, 1.807) is 18.4 Å². The molecular formula is C29H50N7O7PSi. The number of aliphatic hydroxyl groups excluding tert-OH is 1. The largest absolute Gasteiger partial charge is 0.408 e. The molecule has 0 saturated carbocycles. The van der Waals surface area contributed by atoms with Gasteiger partial charge in [0.2, 0.25) is 11.9 Å². The topological polar surface area (TPSA) is 177 Å². The minimum atomic E-state index is -2.44. The molecule has 1 aliphatic rings. The molecule has 0 radical (unpaired) electrons. The van der Waals surface area contributed by atoms with Crippen LogP contribution in [0.15, 0.2) is 11.1 Å². The van der Waals surface area contributed by atoms with Crippen LogP contribution in [0.2, 0.25) is 18.1 Å². The highest BCUT2D eigenvalue weighted by atomic mass is 31.2. The smallest absolute Gasteiger partial charge is 0.280 e. The number of amides is 1. The molecule has 0 spiro atoms. The van der Waals surface area contributed by atoms with Crippen LogP contribution in [0.4, 0.5) is 5.95 Å². The fourth-order valence-electron chi connectivity index (χ4n) is 4.68. The highest BCUT2D eigenvalue weighted by Gasteiger charge is 2.53. The first-order valence-electron chi connectivity index (χ1n) is 15.4. The molecule has 1 fully saturated rings. The first-order chi connectivity index (χ1) is 20.9. The normalized spacial score (nSPS) is 21.8. The van der Waals surface area contributed by atoms with E-state index in [1.807, 2.05) is 27.7 Å². The molecule has 2 aromatic heterocycles. The summed E-state index contributed by atoms with van der Waals surface area (Å²) in [5.41, 5.74) is -0.318. The Balaban J connectivity index is 2.18. The van der Waals surface area contributed by atoms with Gasteiger partial charge in [-0.1, -0.05) is 34.6 Å². The quantitative estimate of drug-likeness (QED) is 0.145. The number of aliphatic hydroxyl groups is 1. The van der Waals surface area contributed by atoms with Gasteiger partial charge in [-0.2, -0.15) is 10.2 Å². The van der Waals surface area contributed by atoms with E-state index in [9.17, 15) is 20.0 Å². The van der Waals surface area contributed by atoms with Gasteiger partial charge in [-0.3, -0.25) is 24.5 Å². The Morgan fingerprint density at radius 3 is 2.42 bits per heavy atom. The number of carbonyl (C=O) groups is 1. The van der Waals surface area contributed by atoms with Crippen LogP contribution in [0.5, 0.6) is 0 Å². The van der Waals surface area contributed by atoms with Gasteiger partial charge in [0.1, 0.15) is 18.3 Å². The van der Waals surface area contributed by atoms with Crippen LogP contribution in [-0.4, -0.2) is 87.1 Å². The molecule has 0 aromatic carbocycles. The molecule has 2 unspecified atom stereocenters. The van der Waals surface area contributed by atoms with E-state index < -0.39 is 46.9 Å². The number of nitriles is 1. The number of hydrogen-bond acceptors (Lipinski definition) is 11. The summed E-state index contributed by atoms with van der Waals surface area (Å²) in [7, 11) is -4.19. The molecule has 0 aliphatic carbocycles. The number of ether oxygens (including phenoxy) is 1. The second-order valence-electron chi connectivity index (χ2n) is 13.6. The molecule has 2 aromatic rings. The lowest BCUT2D eigenvalue weighted by Crippen LogP contribution is -2.50. The second-order valence-corrected chi connectivity index (χ2v) is 19.8. The number of H-pyrrole nitrogens is 1. The first-order valence-corrected chi connectivity index (χ1v) is 19.4. The minimum absolute atomic E-state index is 0.0240. The van der Waals surface area contributed by atoms with Gasteiger partial charge in [-0.25, -0.2) is 9.65 Å². The van der Waals surface area contributed by atoms with Gasteiger partial charge in [0.05, 0.1) is 32.0 Å². The van der Waals surface area contributed by atoms with Gasteiger partial charge >= 0.3 is 0 Å². The van der Waals surface area contributed by atoms with Crippen LogP contribution in [0.1, 0.15) is 75.0 Å². The molecule has 1 amide bonds. The molecule has 45 heavy (non-hydrogen) atoms. The first kappa shape index (κ1) is 37.2. The number of hydrogen-bond donors (Lipinski definition) is 3. The molecule has 5 atom stereocenters. The van der Waals surface area contributed by atoms with E-state index in [4.69, 9.17) is 18.2 Å². The molecule has 3 N–H and O–H groups in total.